The van der Waals surface area contributed by atoms with Gasteiger partial charge in [0.05, 0.1) is 0 Å². The highest BCUT2D eigenvalue weighted by molar-refractivity contribution is 6.04. The van der Waals surface area contributed by atoms with E-state index >= 15 is 0 Å². The van der Waals surface area contributed by atoms with Crippen LogP contribution in [0, 0.1) is 17.5 Å². The Hall–Kier alpha value is -3.81. The first kappa shape index (κ1) is 21.4. The quantitative estimate of drug-likeness (QED) is 0.642. The van der Waals surface area contributed by atoms with Crippen molar-refractivity contribution in [3.05, 3.63) is 94.8 Å². The van der Waals surface area contributed by atoms with Crippen molar-refractivity contribution in [1.29, 1.82) is 0 Å². The molecule has 0 aromatic heterocycles. The number of rotatable bonds is 4. The summed E-state index contributed by atoms with van der Waals surface area (Å²) in [6, 6.07) is 13.2. The number of nitrogens with zero attached hydrogens (tertiary/aromatic N) is 1. The second-order valence-corrected chi connectivity index (χ2v) is 7.52. The van der Waals surface area contributed by atoms with Crippen molar-refractivity contribution in [2.24, 2.45) is 0 Å². The van der Waals surface area contributed by atoms with Crippen LogP contribution < -0.4 is 10.1 Å². The number of benzene rings is 3. The Morgan fingerprint density at radius 2 is 1.69 bits per heavy atom. The molecule has 3 aromatic carbocycles. The summed E-state index contributed by atoms with van der Waals surface area (Å²) in [6.07, 6.45) is -0.797. The van der Waals surface area contributed by atoms with Gasteiger partial charge in [0.2, 0.25) is 0 Å². The molecule has 0 saturated carbocycles. The molecule has 1 aliphatic rings. The van der Waals surface area contributed by atoms with Crippen molar-refractivity contribution >= 4 is 17.5 Å². The van der Waals surface area contributed by atoms with Gasteiger partial charge in [0.15, 0.2) is 6.10 Å². The molecular weight excluding hydrogens is 421 g/mol. The number of ether oxygens (including phenoxy) is 1. The topological polar surface area (TPSA) is 58.6 Å². The monoisotopic (exact) mass is 440 g/mol. The zero-order valence-corrected chi connectivity index (χ0v) is 17.1. The van der Waals surface area contributed by atoms with Crippen LogP contribution in [0.2, 0.25) is 0 Å². The van der Waals surface area contributed by atoms with Crippen molar-refractivity contribution < 1.29 is 27.5 Å². The third-order valence-corrected chi connectivity index (χ3v) is 5.04. The number of nitrogens with one attached hydrogen (secondary N) is 1. The summed E-state index contributed by atoms with van der Waals surface area (Å²) >= 11 is 0. The van der Waals surface area contributed by atoms with E-state index in [2.05, 4.69) is 5.32 Å². The molecule has 1 heterocycles. The Morgan fingerprint density at radius 1 is 1.00 bits per heavy atom. The highest BCUT2D eigenvalue weighted by Gasteiger charge is 2.28. The van der Waals surface area contributed by atoms with Crippen LogP contribution >= 0.6 is 0 Å². The van der Waals surface area contributed by atoms with Crippen LogP contribution in [0.5, 0.6) is 5.75 Å². The van der Waals surface area contributed by atoms with E-state index in [1.165, 1.54) is 41.3 Å². The largest absolute Gasteiger partial charge is 0.481 e. The van der Waals surface area contributed by atoms with E-state index in [1.54, 1.807) is 25.1 Å². The van der Waals surface area contributed by atoms with Gasteiger partial charge in [0.1, 0.15) is 23.2 Å². The number of anilines is 1. The fourth-order valence-corrected chi connectivity index (χ4v) is 3.54. The molecule has 1 atom stereocenters. The molecule has 1 aliphatic heterocycles. The maximum absolute atomic E-state index is 13.6. The van der Waals surface area contributed by atoms with Gasteiger partial charge < -0.3 is 15.0 Å². The van der Waals surface area contributed by atoms with E-state index in [-0.39, 0.29) is 24.6 Å². The van der Waals surface area contributed by atoms with Crippen molar-refractivity contribution in [3.63, 3.8) is 0 Å². The fourth-order valence-electron chi connectivity index (χ4n) is 3.54. The number of fused-ring (bicyclic) bond motifs is 1. The van der Waals surface area contributed by atoms with Gasteiger partial charge in [-0.2, -0.15) is 0 Å². The molecule has 2 amide bonds. The van der Waals surface area contributed by atoms with Crippen molar-refractivity contribution in [1.82, 2.24) is 4.90 Å². The molecule has 0 aliphatic carbocycles. The van der Waals surface area contributed by atoms with E-state index in [4.69, 9.17) is 4.74 Å². The minimum Gasteiger partial charge on any atom is -0.481 e. The highest BCUT2D eigenvalue weighted by atomic mass is 19.1. The lowest BCUT2D eigenvalue weighted by molar-refractivity contribution is -0.138. The summed E-state index contributed by atoms with van der Waals surface area (Å²) in [5, 5.41) is 2.73. The summed E-state index contributed by atoms with van der Waals surface area (Å²) in [5.74, 6) is -2.17. The maximum atomic E-state index is 13.6. The number of halogens is 3. The molecule has 0 unspecified atom stereocenters. The summed E-state index contributed by atoms with van der Waals surface area (Å²) in [4.78, 5) is 26.7. The second-order valence-electron chi connectivity index (χ2n) is 7.52. The van der Waals surface area contributed by atoms with Gasteiger partial charge in [-0.05, 0) is 67.1 Å². The minimum absolute atomic E-state index is 0.00712. The van der Waals surface area contributed by atoms with Gasteiger partial charge in [0, 0.05) is 36.0 Å². The molecule has 0 radical (unpaired) electrons. The van der Waals surface area contributed by atoms with Gasteiger partial charge >= 0.3 is 0 Å². The van der Waals surface area contributed by atoms with Gasteiger partial charge in [-0.3, -0.25) is 9.59 Å². The Morgan fingerprint density at radius 3 is 2.38 bits per heavy atom. The average Bonchev–Trinajstić information content (AvgIpc) is 2.84. The van der Waals surface area contributed by atoms with Crippen LogP contribution in [-0.4, -0.2) is 22.8 Å². The van der Waals surface area contributed by atoms with Crippen LogP contribution in [-0.2, 0) is 17.9 Å². The molecule has 0 bridgehead atoms. The maximum Gasteiger partial charge on any atom is 0.263 e. The number of hydrogen-bond acceptors (Lipinski definition) is 3. The van der Waals surface area contributed by atoms with Crippen LogP contribution in [0.1, 0.15) is 28.4 Å². The molecule has 32 heavy (non-hydrogen) atoms. The lowest BCUT2D eigenvalue weighted by Crippen LogP contribution is -2.37. The molecule has 4 rings (SSSR count). The SMILES string of the molecule is C[C@H]1Oc2ccc(NC(=O)c3ccc(F)cc3)cc2CN(Cc2cc(F)cc(F)c2)C1=O. The van der Waals surface area contributed by atoms with Crippen molar-refractivity contribution in [3.8, 4) is 5.75 Å². The summed E-state index contributed by atoms with van der Waals surface area (Å²) < 4.78 is 46.0. The average molecular weight is 440 g/mol. The van der Waals surface area contributed by atoms with Crippen LogP contribution in [0.4, 0.5) is 18.9 Å². The summed E-state index contributed by atoms with van der Waals surface area (Å²) in [7, 11) is 0. The van der Waals surface area contributed by atoms with E-state index in [1.807, 2.05) is 0 Å². The lowest BCUT2D eigenvalue weighted by Gasteiger charge is -2.22. The Bertz CT molecular complexity index is 1160. The number of amides is 2. The van der Waals surface area contributed by atoms with E-state index < -0.39 is 29.5 Å². The standard InChI is InChI=1S/C24H19F3N2O3/c1-14-24(31)29(12-15-8-19(26)11-20(27)9-15)13-17-10-21(6-7-22(17)32-14)28-23(30)16-2-4-18(25)5-3-16/h2-11,14H,12-13H2,1H3,(H,28,30)/t14-/m1/s1. The van der Waals surface area contributed by atoms with Crippen LogP contribution in [0.3, 0.4) is 0 Å². The van der Waals surface area contributed by atoms with E-state index in [9.17, 15) is 22.8 Å². The molecule has 164 valence electrons. The zero-order chi connectivity index (χ0) is 22.8. The third kappa shape index (κ3) is 4.74. The van der Waals surface area contributed by atoms with Crippen LogP contribution in [0.25, 0.3) is 0 Å². The molecule has 8 heteroatoms. The number of carbonyl (C=O) groups is 2. The molecule has 0 saturated heterocycles. The first-order valence-electron chi connectivity index (χ1n) is 9.89. The summed E-state index contributed by atoms with van der Waals surface area (Å²) in [5.41, 5.74) is 1.68. The molecular formula is C24H19F3N2O3. The van der Waals surface area contributed by atoms with E-state index in [0.29, 0.717) is 22.6 Å². The van der Waals surface area contributed by atoms with E-state index in [0.717, 1.165) is 6.07 Å². The normalized spacial score (nSPS) is 15.6. The predicted molar refractivity (Wildman–Crippen MR) is 111 cm³/mol. The predicted octanol–water partition coefficient (Wildman–Crippen LogP) is 4.67. The molecule has 0 spiro atoms. The van der Waals surface area contributed by atoms with Crippen molar-refractivity contribution in [2.45, 2.75) is 26.1 Å². The zero-order valence-electron chi connectivity index (χ0n) is 17.1. The number of carbonyl (C=O) groups excluding carboxylic acids is 2. The Kier molecular flexibility index (Phi) is 5.85. The van der Waals surface area contributed by atoms with Crippen molar-refractivity contribution in [2.75, 3.05) is 5.32 Å². The Labute approximate surface area is 182 Å². The highest BCUT2D eigenvalue weighted by Crippen LogP contribution is 2.29. The molecule has 1 N–H and O–H groups in total. The van der Waals surface area contributed by atoms with Gasteiger partial charge in [0.25, 0.3) is 11.8 Å². The molecule has 3 aromatic rings. The minimum atomic E-state index is -0.797. The van der Waals surface area contributed by atoms with Gasteiger partial charge in [-0.1, -0.05) is 0 Å². The fraction of sp³-hybridized carbons (Fsp3) is 0.167. The first-order chi connectivity index (χ1) is 15.3. The van der Waals surface area contributed by atoms with Crippen LogP contribution in [0.15, 0.2) is 60.7 Å². The second kappa shape index (κ2) is 8.74. The molecule has 5 nitrogen and oxygen atoms in total. The Balaban J connectivity index is 1.57. The smallest absolute Gasteiger partial charge is 0.263 e. The van der Waals surface area contributed by atoms with Gasteiger partial charge in [-0.25, -0.2) is 13.2 Å². The lowest BCUT2D eigenvalue weighted by atomic mass is 10.1. The third-order valence-electron chi connectivity index (χ3n) is 5.04. The summed E-state index contributed by atoms with van der Waals surface area (Å²) in [6.45, 7) is 1.71. The van der Waals surface area contributed by atoms with Gasteiger partial charge in [-0.15, -0.1) is 0 Å². The number of hydrogen-bond donors (Lipinski definition) is 1. The molecule has 0 fully saturated rings. The first-order valence-corrected chi connectivity index (χ1v) is 9.89.